The van der Waals surface area contributed by atoms with Crippen LogP contribution in [0.15, 0.2) is 0 Å². The van der Waals surface area contributed by atoms with Crippen LogP contribution in [0.25, 0.3) is 0 Å². The van der Waals surface area contributed by atoms with Gasteiger partial charge in [-0.2, -0.15) is 0 Å². The molecule has 2 atom stereocenters. The number of hydrogen-bond donors (Lipinski definition) is 3. The molecule has 4 N–H and O–H groups in total. The molecule has 0 aromatic heterocycles. The minimum atomic E-state index is -1.09. The number of carbonyl (C=O) groups excluding carboxylic acids is 1. The smallest absolute Gasteiger partial charge is 0.305 e. The number of carboxylic acid groups (broad SMARTS) is 1. The van der Waals surface area contributed by atoms with Crippen molar-refractivity contribution < 1.29 is 19.4 Å². The molecule has 0 radical (unpaired) electrons. The minimum absolute atomic E-state index is 0.127. The Balaban J connectivity index is 4.19. The van der Waals surface area contributed by atoms with Gasteiger partial charge in [0.15, 0.2) is 0 Å². The first-order chi connectivity index (χ1) is 9.15. The van der Waals surface area contributed by atoms with Crippen LogP contribution in [-0.2, 0) is 14.3 Å². The highest BCUT2D eigenvalue weighted by molar-refractivity contribution is 5.86. The van der Waals surface area contributed by atoms with Crippen LogP contribution in [0.5, 0.6) is 0 Å². The van der Waals surface area contributed by atoms with Gasteiger partial charge in [0.2, 0.25) is 5.91 Å². The van der Waals surface area contributed by atoms with E-state index in [-0.39, 0.29) is 18.6 Å². The summed E-state index contributed by atoms with van der Waals surface area (Å²) in [7, 11) is 0. The topological polar surface area (TPSA) is 102 Å². The quantitative estimate of drug-likeness (QED) is 0.587. The average Bonchev–Trinajstić information content (AvgIpc) is 2.26. The maximum atomic E-state index is 11.6. The molecule has 0 aromatic rings. The number of aliphatic carboxylic acids is 1. The first kappa shape index (κ1) is 18.9. The third kappa shape index (κ3) is 7.45. The van der Waals surface area contributed by atoms with Gasteiger partial charge in [-0.05, 0) is 18.8 Å². The minimum Gasteiger partial charge on any atom is -0.481 e. The molecule has 1 unspecified atom stereocenters. The van der Waals surface area contributed by atoms with E-state index < -0.39 is 17.9 Å². The maximum Gasteiger partial charge on any atom is 0.305 e. The number of nitrogens with two attached hydrogens (primary N) is 1. The number of hydrogen-bond acceptors (Lipinski definition) is 4. The normalized spacial score (nSPS) is 14.7. The average molecular weight is 288 g/mol. The van der Waals surface area contributed by atoms with E-state index in [4.69, 9.17) is 15.6 Å². The number of rotatable bonds is 9. The van der Waals surface area contributed by atoms with Crippen molar-refractivity contribution >= 4 is 11.9 Å². The summed E-state index contributed by atoms with van der Waals surface area (Å²) in [6, 6.07) is -1.23. The van der Waals surface area contributed by atoms with Crippen molar-refractivity contribution in [2.75, 3.05) is 6.61 Å². The predicted octanol–water partition coefficient (Wildman–Crippen LogP) is 0.990. The molecule has 118 valence electrons. The summed E-state index contributed by atoms with van der Waals surface area (Å²) in [6.07, 6.45) is -0.248. The lowest BCUT2D eigenvalue weighted by Crippen LogP contribution is -2.47. The fraction of sp³-hybridized carbons (Fsp3) is 0.857. The molecule has 0 bridgehead atoms. The number of ether oxygens (including phenoxy) is 1. The summed E-state index contributed by atoms with van der Waals surface area (Å²) in [5.41, 5.74) is 5.49. The van der Waals surface area contributed by atoms with Crippen LogP contribution in [0.3, 0.4) is 0 Å². The highest BCUT2D eigenvalue weighted by Crippen LogP contribution is 2.16. The molecular weight excluding hydrogens is 260 g/mol. The molecule has 6 nitrogen and oxygen atoms in total. The van der Waals surface area contributed by atoms with Gasteiger partial charge in [-0.25, -0.2) is 0 Å². The Kier molecular flexibility index (Phi) is 8.41. The monoisotopic (exact) mass is 288 g/mol. The van der Waals surface area contributed by atoms with Gasteiger partial charge in [-0.1, -0.05) is 27.7 Å². The van der Waals surface area contributed by atoms with Crippen LogP contribution >= 0.6 is 0 Å². The Hall–Kier alpha value is -1.14. The first-order valence-corrected chi connectivity index (χ1v) is 7.04. The number of amides is 1. The highest BCUT2D eigenvalue weighted by Gasteiger charge is 2.21. The van der Waals surface area contributed by atoms with Crippen molar-refractivity contribution in [3.63, 3.8) is 0 Å². The molecule has 0 fully saturated rings. The van der Waals surface area contributed by atoms with Gasteiger partial charge in [-0.3, -0.25) is 9.59 Å². The van der Waals surface area contributed by atoms with Crippen molar-refractivity contribution in [3.05, 3.63) is 0 Å². The van der Waals surface area contributed by atoms with Gasteiger partial charge in [0.1, 0.15) is 0 Å². The fourth-order valence-corrected chi connectivity index (χ4v) is 2.08. The summed E-state index contributed by atoms with van der Waals surface area (Å²) in [5.74, 6) is -0.760. The van der Waals surface area contributed by atoms with E-state index in [2.05, 4.69) is 33.0 Å². The Bertz CT molecular complexity index is 310. The van der Waals surface area contributed by atoms with Crippen LogP contribution in [0.4, 0.5) is 0 Å². The van der Waals surface area contributed by atoms with Crippen LogP contribution in [0.1, 0.15) is 41.0 Å². The van der Waals surface area contributed by atoms with Gasteiger partial charge in [0, 0.05) is 6.04 Å². The summed E-state index contributed by atoms with van der Waals surface area (Å²) < 4.78 is 5.82. The van der Waals surface area contributed by atoms with E-state index in [1.54, 1.807) is 0 Å². The van der Waals surface area contributed by atoms with Crippen LogP contribution in [-0.4, -0.2) is 41.8 Å². The van der Waals surface area contributed by atoms with Gasteiger partial charge in [-0.15, -0.1) is 0 Å². The Morgan fingerprint density at radius 3 is 2.05 bits per heavy atom. The molecule has 0 aliphatic heterocycles. The lowest BCUT2D eigenvalue weighted by atomic mass is 9.96. The van der Waals surface area contributed by atoms with E-state index in [1.807, 2.05) is 6.92 Å². The Labute approximate surface area is 121 Å². The van der Waals surface area contributed by atoms with Crippen molar-refractivity contribution in [2.24, 2.45) is 17.6 Å². The standard InChI is InChI=1S/C14H28N2O4/c1-8(2)13(9(3)4)20-7-10(5)16-14(19)11(15)6-12(17)18/h8-11,13H,6-7,15H2,1-5H3,(H,16,19)(H,17,18)/t10?,11-/m0/s1. The zero-order valence-electron chi connectivity index (χ0n) is 13.1. The van der Waals surface area contributed by atoms with Gasteiger partial charge in [0.25, 0.3) is 0 Å². The highest BCUT2D eigenvalue weighted by atomic mass is 16.5. The summed E-state index contributed by atoms with van der Waals surface area (Å²) >= 11 is 0. The molecular formula is C14H28N2O4. The van der Waals surface area contributed by atoms with Crippen LogP contribution in [0.2, 0.25) is 0 Å². The maximum absolute atomic E-state index is 11.6. The number of carbonyl (C=O) groups is 2. The Morgan fingerprint density at radius 1 is 1.15 bits per heavy atom. The molecule has 0 aromatic carbocycles. The summed E-state index contributed by atoms with van der Waals surface area (Å²) in [4.78, 5) is 22.1. The van der Waals surface area contributed by atoms with Crippen LogP contribution in [0, 0.1) is 11.8 Å². The third-order valence-electron chi connectivity index (χ3n) is 2.97. The molecule has 1 amide bonds. The number of nitrogens with one attached hydrogen (secondary N) is 1. The van der Waals surface area contributed by atoms with E-state index in [9.17, 15) is 9.59 Å². The van der Waals surface area contributed by atoms with Crippen LogP contribution < -0.4 is 11.1 Å². The van der Waals surface area contributed by atoms with Gasteiger partial charge >= 0.3 is 5.97 Å². The molecule has 0 saturated carbocycles. The van der Waals surface area contributed by atoms with Crippen molar-refractivity contribution in [3.8, 4) is 0 Å². The van der Waals surface area contributed by atoms with E-state index in [0.717, 1.165) is 0 Å². The Morgan fingerprint density at radius 2 is 1.65 bits per heavy atom. The predicted molar refractivity (Wildman–Crippen MR) is 77.2 cm³/mol. The molecule has 20 heavy (non-hydrogen) atoms. The molecule has 0 aliphatic rings. The third-order valence-corrected chi connectivity index (χ3v) is 2.97. The SMILES string of the molecule is CC(COC(C(C)C)C(C)C)NC(=O)[C@@H](N)CC(=O)O. The summed E-state index contributed by atoms with van der Waals surface area (Å²) in [5, 5.41) is 11.2. The molecule has 0 spiro atoms. The van der Waals surface area contributed by atoms with Crippen molar-refractivity contribution in [2.45, 2.75) is 59.2 Å². The molecule has 0 aliphatic carbocycles. The van der Waals surface area contributed by atoms with Gasteiger partial charge < -0.3 is 20.9 Å². The zero-order chi connectivity index (χ0) is 15.9. The van der Waals surface area contributed by atoms with Crippen molar-refractivity contribution in [1.82, 2.24) is 5.32 Å². The first-order valence-electron chi connectivity index (χ1n) is 7.04. The lowest BCUT2D eigenvalue weighted by Gasteiger charge is -2.27. The molecule has 0 saturated heterocycles. The largest absolute Gasteiger partial charge is 0.481 e. The second-order valence-corrected chi connectivity index (χ2v) is 5.90. The van der Waals surface area contributed by atoms with E-state index in [1.165, 1.54) is 0 Å². The summed E-state index contributed by atoms with van der Waals surface area (Å²) in [6.45, 7) is 10.6. The zero-order valence-corrected chi connectivity index (χ0v) is 13.1. The van der Waals surface area contributed by atoms with Gasteiger partial charge in [0.05, 0.1) is 25.2 Å². The second kappa shape index (κ2) is 8.92. The van der Waals surface area contributed by atoms with E-state index in [0.29, 0.717) is 18.4 Å². The fourth-order valence-electron chi connectivity index (χ4n) is 2.08. The molecule has 6 heteroatoms. The lowest BCUT2D eigenvalue weighted by molar-refractivity contribution is -0.139. The van der Waals surface area contributed by atoms with Crippen molar-refractivity contribution in [1.29, 1.82) is 0 Å². The number of carboxylic acids is 1. The molecule has 0 rings (SSSR count). The van der Waals surface area contributed by atoms with E-state index >= 15 is 0 Å². The molecule has 0 heterocycles. The second-order valence-electron chi connectivity index (χ2n) is 5.90.